The highest BCUT2D eigenvalue weighted by Gasteiger charge is 2.51. The van der Waals surface area contributed by atoms with Gasteiger partial charge in [0.15, 0.2) is 5.78 Å². The van der Waals surface area contributed by atoms with Crippen molar-refractivity contribution in [2.75, 3.05) is 6.54 Å². The van der Waals surface area contributed by atoms with Crippen LogP contribution in [-0.2, 0) is 16.9 Å². The van der Waals surface area contributed by atoms with E-state index in [9.17, 15) is 23.2 Å². The van der Waals surface area contributed by atoms with E-state index in [2.05, 4.69) is 11.4 Å². The van der Waals surface area contributed by atoms with Crippen LogP contribution in [0.15, 0.2) is 48.7 Å². The molecule has 7 nitrogen and oxygen atoms in total. The average molecular weight is 436 g/mol. The minimum Gasteiger partial charge on any atom is -0.346 e. The molecule has 4 rings (SSSR count). The molecule has 0 bridgehead atoms. The molecule has 162 valence electrons. The van der Waals surface area contributed by atoms with Gasteiger partial charge in [0.1, 0.15) is 17.2 Å². The van der Waals surface area contributed by atoms with Crippen molar-refractivity contribution in [1.29, 1.82) is 5.26 Å². The zero-order chi connectivity index (χ0) is 23.0. The lowest BCUT2D eigenvalue weighted by atomic mass is 9.91. The van der Waals surface area contributed by atoms with Gasteiger partial charge in [-0.2, -0.15) is 5.26 Å². The molecule has 1 N–H and O–H groups in total. The number of urea groups is 1. The number of ketones is 1. The smallest absolute Gasteiger partial charge is 0.325 e. The summed E-state index contributed by atoms with van der Waals surface area (Å²) in [6, 6.07) is 10.9. The summed E-state index contributed by atoms with van der Waals surface area (Å²) in [6.07, 6.45) is 1.84. The molecule has 1 aromatic heterocycles. The Balaban J connectivity index is 1.65. The summed E-state index contributed by atoms with van der Waals surface area (Å²) in [5, 5.41) is 11.9. The van der Waals surface area contributed by atoms with E-state index in [1.54, 1.807) is 35.0 Å². The van der Waals surface area contributed by atoms with Gasteiger partial charge in [-0.05, 0) is 31.2 Å². The van der Waals surface area contributed by atoms with Gasteiger partial charge in [-0.3, -0.25) is 14.5 Å². The molecular formula is C23H18F2N4O3. The summed E-state index contributed by atoms with van der Waals surface area (Å²) in [6.45, 7) is 1.08. The number of carbonyl (C=O) groups excluding carboxylic acids is 3. The summed E-state index contributed by atoms with van der Waals surface area (Å²) in [7, 11) is 0. The normalized spacial score (nSPS) is 18.1. The largest absolute Gasteiger partial charge is 0.346 e. The van der Waals surface area contributed by atoms with Gasteiger partial charge in [-0.15, -0.1) is 0 Å². The number of nitrogens with one attached hydrogen (secondary N) is 1. The maximum atomic E-state index is 14.3. The first-order chi connectivity index (χ1) is 15.3. The number of Topliss-reactive ketones (excluding diaryl/α,β-unsaturated/α-hetero) is 1. The van der Waals surface area contributed by atoms with Gasteiger partial charge in [-0.1, -0.05) is 18.2 Å². The predicted octanol–water partition coefficient (Wildman–Crippen LogP) is 3.48. The Labute approximate surface area is 181 Å². The van der Waals surface area contributed by atoms with Crippen molar-refractivity contribution in [3.63, 3.8) is 0 Å². The highest BCUT2D eigenvalue weighted by molar-refractivity contribution is 6.14. The standard InChI is InChI=1S/C23H18F2N4O3/c1-23(17-11-14(24)7-8-18(17)25)21(31)29(22(32)27-23)13-20(30)16-12-28(10-4-9-26)19-6-3-2-5-15(16)19/h2-3,5-8,11-12H,4,10,13H2,1H3,(H,27,32)/t23-/m0/s1. The van der Waals surface area contributed by atoms with Crippen LogP contribution in [0.2, 0.25) is 0 Å². The van der Waals surface area contributed by atoms with Crippen molar-refractivity contribution in [3.05, 3.63) is 71.4 Å². The molecule has 2 heterocycles. The Hall–Kier alpha value is -4.06. The van der Waals surface area contributed by atoms with Crippen LogP contribution in [0.3, 0.4) is 0 Å². The summed E-state index contributed by atoms with van der Waals surface area (Å²) in [4.78, 5) is 39.3. The van der Waals surface area contributed by atoms with E-state index >= 15 is 0 Å². The minimum atomic E-state index is -1.84. The summed E-state index contributed by atoms with van der Waals surface area (Å²) in [5.41, 5.74) is -1.12. The van der Waals surface area contributed by atoms with Gasteiger partial charge in [0.2, 0.25) is 0 Å². The molecule has 1 aliphatic rings. The third-order valence-corrected chi connectivity index (χ3v) is 5.60. The number of fused-ring (bicyclic) bond motifs is 1. The molecule has 3 aromatic rings. The lowest BCUT2D eigenvalue weighted by molar-refractivity contribution is -0.130. The van der Waals surface area contributed by atoms with E-state index < -0.39 is 41.4 Å². The molecule has 0 spiro atoms. The maximum Gasteiger partial charge on any atom is 0.325 e. The lowest BCUT2D eigenvalue weighted by Crippen LogP contribution is -2.42. The van der Waals surface area contributed by atoms with Gasteiger partial charge in [-0.25, -0.2) is 13.6 Å². The van der Waals surface area contributed by atoms with Gasteiger partial charge < -0.3 is 9.88 Å². The number of nitriles is 1. The number of carbonyl (C=O) groups is 3. The Bertz CT molecular complexity index is 1310. The number of hydrogen-bond acceptors (Lipinski definition) is 4. The van der Waals surface area contributed by atoms with Gasteiger partial charge in [0.25, 0.3) is 5.91 Å². The molecule has 0 saturated carbocycles. The molecule has 1 fully saturated rings. The molecule has 0 radical (unpaired) electrons. The zero-order valence-corrected chi connectivity index (χ0v) is 17.1. The summed E-state index contributed by atoms with van der Waals surface area (Å²) in [5.74, 6) is -2.96. The average Bonchev–Trinajstić information content (AvgIpc) is 3.25. The van der Waals surface area contributed by atoms with Crippen LogP contribution in [0, 0.1) is 23.0 Å². The number of nitrogens with zero attached hydrogens (tertiary/aromatic N) is 3. The number of para-hydroxylation sites is 1. The second kappa shape index (κ2) is 7.89. The van der Waals surface area contributed by atoms with Crippen LogP contribution in [-0.4, -0.2) is 33.7 Å². The minimum absolute atomic E-state index is 0.247. The Morgan fingerprint density at radius 2 is 1.94 bits per heavy atom. The summed E-state index contributed by atoms with van der Waals surface area (Å²) < 4.78 is 29.8. The van der Waals surface area contributed by atoms with E-state index in [1.165, 1.54) is 6.92 Å². The van der Waals surface area contributed by atoms with E-state index in [-0.39, 0.29) is 12.0 Å². The number of imide groups is 1. The number of hydrogen-bond donors (Lipinski definition) is 1. The van der Waals surface area contributed by atoms with E-state index in [0.29, 0.717) is 22.4 Å². The molecule has 1 saturated heterocycles. The van der Waals surface area contributed by atoms with Gasteiger partial charge >= 0.3 is 6.03 Å². The quantitative estimate of drug-likeness (QED) is 0.473. The maximum absolute atomic E-state index is 14.3. The molecule has 0 unspecified atom stereocenters. The third kappa shape index (κ3) is 3.39. The first kappa shape index (κ1) is 21.2. The van der Waals surface area contributed by atoms with Crippen LogP contribution in [0.1, 0.15) is 29.3 Å². The van der Waals surface area contributed by atoms with Crippen molar-refractivity contribution in [1.82, 2.24) is 14.8 Å². The number of aryl methyl sites for hydroxylation is 1. The second-order valence-electron chi connectivity index (χ2n) is 7.66. The molecule has 1 atom stereocenters. The highest BCUT2D eigenvalue weighted by atomic mass is 19.1. The van der Waals surface area contributed by atoms with Crippen molar-refractivity contribution in [2.45, 2.75) is 25.4 Å². The van der Waals surface area contributed by atoms with E-state index in [1.807, 2.05) is 0 Å². The molecule has 32 heavy (non-hydrogen) atoms. The summed E-state index contributed by atoms with van der Waals surface area (Å²) >= 11 is 0. The SMILES string of the molecule is C[C@@]1(c2cc(F)ccc2F)NC(=O)N(CC(=O)c2cn(CCC#N)c3ccccc23)C1=O. The van der Waals surface area contributed by atoms with Crippen LogP contribution in [0.4, 0.5) is 13.6 Å². The van der Waals surface area contributed by atoms with Crippen LogP contribution >= 0.6 is 0 Å². The van der Waals surface area contributed by atoms with Gasteiger partial charge in [0.05, 0.1) is 19.0 Å². The van der Waals surface area contributed by atoms with Crippen LogP contribution < -0.4 is 5.32 Å². The second-order valence-corrected chi connectivity index (χ2v) is 7.66. The number of benzene rings is 2. The Morgan fingerprint density at radius 3 is 2.69 bits per heavy atom. The predicted molar refractivity (Wildman–Crippen MR) is 110 cm³/mol. The molecule has 2 aromatic carbocycles. The van der Waals surface area contributed by atoms with Crippen molar-refractivity contribution in [3.8, 4) is 6.07 Å². The molecule has 1 aliphatic heterocycles. The lowest BCUT2D eigenvalue weighted by Gasteiger charge is -2.22. The fourth-order valence-electron chi connectivity index (χ4n) is 3.96. The molecular weight excluding hydrogens is 418 g/mol. The first-order valence-electron chi connectivity index (χ1n) is 9.84. The number of aromatic nitrogens is 1. The number of rotatable bonds is 6. The number of halogens is 2. The van der Waals surface area contributed by atoms with Crippen LogP contribution in [0.25, 0.3) is 10.9 Å². The fourth-order valence-corrected chi connectivity index (χ4v) is 3.96. The topological polar surface area (TPSA) is 95.2 Å². The third-order valence-electron chi connectivity index (χ3n) is 5.60. The first-order valence-corrected chi connectivity index (χ1v) is 9.84. The van der Waals surface area contributed by atoms with Crippen molar-refractivity contribution >= 4 is 28.6 Å². The van der Waals surface area contributed by atoms with Gasteiger partial charge in [0, 0.05) is 34.8 Å². The van der Waals surface area contributed by atoms with E-state index in [4.69, 9.17) is 5.26 Å². The molecule has 3 amide bonds. The Kier molecular flexibility index (Phi) is 5.22. The van der Waals surface area contributed by atoms with Crippen molar-refractivity contribution < 1.29 is 23.2 Å². The zero-order valence-electron chi connectivity index (χ0n) is 17.1. The number of amides is 3. The monoisotopic (exact) mass is 436 g/mol. The molecule has 9 heteroatoms. The molecule has 0 aliphatic carbocycles. The van der Waals surface area contributed by atoms with E-state index in [0.717, 1.165) is 23.7 Å². The van der Waals surface area contributed by atoms with Crippen molar-refractivity contribution in [2.24, 2.45) is 0 Å². The Morgan fingerprint density at radius 1 is 1.19 bits per heavy atom. The van der Waals surface area contributed by atoms with Crippen LogP contribution in [0.5, 0.6) is 0 Å². The fraction of sp³-hybridized carbons (Fsp3) is 0.217. The highest BCUT2D eigenvalue weighted by Crippen LogP contribution is 2.32.